The number of thioether (sulfide) groups is 1. The van der Waals surface area contributed by atoms with E-state index in [0.29, 0.717) is 10.2 Å². The van der Waals surface area contributed by atoms with E-state index >= 15 is 0 Å². The Kier molecular flexibility index (Phi) is 3.88. The van der Waals surface area contributed by atoms with Gasteiger partial charge in [0.15, 0.2) is 0 Å². The summed E-state index contributed by atoms with van der Waals surface area (Å²) >= 11 is 2.83. The Hall–Kier alpha value is -0.430. The van der Waals surface area contributed by atoms with Gasteiger partial charge >= 0.3 is 11.7 Å². The van der Waals surface area contributed by atoms with Gasteiger partial charge in [-0.2, -0.15) is 8.78 Å². The summed E-state index contributed by atoms with van der Waals surface area (Å²) in [5.41, 5.74) is 5.78. The summed E-state index contributed by atoms with van der Waals surface area (Å²) in [6.45, 7) is 0. The van der Waals surface area contributed by atoms with E-state index in [9.17, 15) is 17.6 Å². The summed E-state index contributed by atoms with van der Waals surface area (Å²) in [4.78, 5) is 0.0291. The van der Waals surface area contributed by atoms with Gasteiger partial charge < -0.3 is 5.73 Å². The molecule has 0 fully saturated rings. The fraction of sp³-hybridized carbons (Fsp3) is 0.250. The van der Waals surface area contributed by atoms with Crippen molar-refractivity contribution in [2.75, 3.05) is 5.73 Å². The maximum atomic E-state index is 12.6. The largest absolute Gasteiger partial charge is 0.398 e. The first-order valence-corrected chi connectivity index (χ1v) is 5.34. The van der Waals surface area contributed by atoms with Crippen molar-refractivity contribution in [3.8, 4) is 0 Å². The van der Waals surface area contributed by atoms with E-state index in [0.717, 1.165) is 0 Å². The van der Waals surface area contributed by atoms with E-state index in [-0.39, 0.29) is 16.7 Å². The van der Waals surface area contributed by atoms with Crippen LogP contribution < -0.4 is 5.73 Å². The molecule has 0 bridgehead atoms. The van der Waals surface area contributed by atoms with E-state index < -0.39 is 11.7 Å². The highest BCUT2D eigenvalue weighted by atomic mass is 79.9. The highest BCUT2D eigenvalue weighted by Crippen LogP contribution is 2.41. The first kappa shape index (κ1) is 12.6. The molecule has 0 atom stereocenters. The number of nitrogen functional groups attached to an aromatic ring is 1. The third kappa shape index (κ3) is 3.27. The van der Waals surface area contributed by atoms with Crippen LogP contribution in [0.2, 0.25) is 0 Å². The van der Waals surface area contributed by atoms with E-state index in [4.69, 9.17) is 5.73 Å². The van der Waals surface area contributed by atoms with Crippen LogP contribution in [0.1, 0.15) is 0 Å². The minimum atomic E-state index is -4.09. The van der Waals surface area contributed by atoms with Gasteiger partial charge in [0.25, 0.3) is 0 Å². The Morgan fingerprint density at radius 3 is 2.40 bits per heavy atom. The summed E-state index contributed by atoms with van der Waals surface area (Å²) in [6, 6.07) is 3.91. The normalized spacial score (nSPS) is 12.1. The zero-order chi connectivity index (χ0) is 11.6. The molecule has 0 saturated heterocycles. The molecule has 0 amide bonds. The summed E-state index contributed by atoms with van der Waals surface area (Å²) in [5, 5.41) is -4.09. The number of benzene rings is 1. The van der Waals surface area contributed by atoms with Crippen molar-refractivity contribution >= 4 is 33.4 Å². The number of halogens is 5. The molecule has 0 saturated carbocycles. The lowest BCUT2D eigenvalue weighted by Gasteiger charge is -2.14. The molecule has 1 aromatic rings. The summed E-state index contributed by atoms with van der Waals surface area (Å²) in [6.07, 6.45) is -3.70. The summed E-state index contributed by atoms with van der Waals surface area (Å²) < 4.78 is 49.4. The molecule has 0 radical (unpaired) electrons. The topological polar surface area (TPSA) is 26.0 Å². The molecule has 15 heavy (non-hydrogen) atoms. The molecule has 84 valence electrons. The van der Waals surface area contributed by atoms with Crippen LogP contribution in [0, 0.1) is 0 Å². The molecule has 0 spiro atoms. The van der Waals surface area contributed by atoms with Crippen molar-refractivity contribution in [2.45, 2.75) is 16.6 Å². The number of alkyl halides is 4. The number of hydrogen-bond acceptors (Lipinski definition) is 2. The van der Waals surface area contributed by atoms with Gasteiger partial charge in [0.05, 0.1) is 0 Å². The quantitative estimate of drug-likeness (QED) is 0.519. The molecule has 0 heterocycles. The molecule has 0 unspecified atom stereocenters. The van der Waals surface area contributed by atoms with Crippen LogP contribution in [0.3, 0.4) is 0 Å². The lowest BCUT2D eigenvalue weighted by atomic mass is 10.3. The molecular formula is C8H6BrF4NS. The van der Waals surface area contributed by atoms with Gasteiger partial charge in [0, 0.05) is 15.1 Å². The van der Waals surface area contributed by atoms with Gasteiger partial charge in [-0.05, 0) is 45.9 Å². The van der Waals surface area contributed by atoms with E-state index in [2.05, 4.69) is 15.9 Å². The lowest BCUT2D eigenvalue weighted by molar-refractivity contribution is -0.0563. The van der Waals surface area contributed by atoms with Gasteiger partial charge in [-0.1, -0.05) is 0 Å². The van der Waals surface area contributed by atoms with Gasteiger partial charge in [-0.3, -0.25) is 0 Å². The molecule has 0 aliphatic rings. The molecule has 7 heteroatoms. The fourth-order valence-electron chi connectivity index (χ4n) is 0.773. The highest BCUT2D eigenvalue weighted by molar-refractivity contribution is 9.10. The van der Waals surface area contributed by atoms with Crippen LogP contribution in [0.5, 0.6) is 0 Å². The SMILES string of the molecule is Nc1ccc(SC(F)(F)C(F)F)cc1Br. The third-order valence-electron chi connectivity index (χ3n) is 1.48. The van der Waals surface area contributed by atoms with Crippen molar-refractivity contribution in [3.05, 3.63) is 22.7 Å². The molecule has 0 aliphatic heterocycles. The van der Waals surface area contributed by atoms with Crippen molar-refractivity contribution in [3.63, 3.8) is 0 Å². The molecule has 1 aromatic carbocycles. The third-order valence-corrected chi connectivity index (χ3v) is 3.11. The highest BCUT2D eigenvalue weighted by Gasteiger charge is 2.41. The summed E-state index contributed by atoms with van der Waals surface area (Å²) in [5.74, 6) is 0. The first-order chi connectivity index (χ1) is 6.83. The Balaban J connectivity index is 2.86. The van der Waals surface area contributed by atoms with E-state index in [1.54, 1.807) is 0 Å². The molecule has 0 aliphatic carbocycles. The minimum absolute atomic E-state index is 0.0291. The second-order valence-electron chi connectivity index (χ2n) is 2.65. The molecule has 1 rings (SSSR count). The lowest BCUT2D eigenvalue weighted by Crippen LogP contribution is -2.21. The maximum Gasteiger partial charge on any atom is 0.357 e. The molecule has 1 nitrogen and oxygen atoms in total. The average Bonchev–Trinajstić information content (AvgIpc) is 2.10. The van der Waals surface area contributed by atoms with Crippen molar-refractivity contribution in [2.24, 2.45) is 0 Å². The monoisotopic (exact) mass is 303 g/mol. The number of hydrogen-bond donors (Lipinski definition) is 1. The van der Waals surface area contributed by atoms with Crippen LogP contribution in [0.4, 0.5) is 23.2 Å². The number of nitrogens with two attached hydrogens (primary N) is 1. The van der Waals surface area contributed by atoms with Gasteiger partial charge in [0.1, 0.15) is 0 Å². The minimum Gasteiger partial charge on any atom is -0.398 e. The zero-order valence-corrected chi connectivity index (χ0v) is 9.59. The number of rotatable bonds is 3. The van der Waals surface area contributed by atoms with Crippen molar-refractivity contribution in [1.82, 2.24) is 0 Å². The Bertz CT molecular complexity index is 358. The average molecular weight is 304 g/mol. The Labute approximate surface area is 96.2 Å². The van der Waals surface area contributed by atoms with Crippen LogP contribution >= 0.6 is 27.7 Å². The van der Waals surface area contributed by atoms with Crippen molar-refractivity contribution in [1.29, 1.82) is 0 Å². The number of anilines is 1. The van der Waals surface area contributed by atoms with Crippen LogP contribution in [-0.4, -0.2) is 11.7 Å². The van der Waals surface area contributed by atoms with Crippen LogP contribution in [0.25, 0.3) is 0 Å². The Morgan fingerprint density at radius 1 is 1.33 bits per heavy atom. The predicted molar refractivity (Wildman–Crippen MR) is 55.4 cm³/mol. The van der Waals surface area contributed by atoms with Gasteiger partial charge in [0.2, 0.25) is 0 Å². The zero-order valence-electron chi connectivity index (χ0n) is 7.18. The van der Waals surface area contributed by atoms with E-state index in [1.165, 1.54) is 18.2 Å². The molecule has 2 N–H and O–H groups in total. The predicted octanol–water partition coefficient (Wildman–Crippen LogP) is 3.98. The molecule has 0 aromatic heterocycles. The standard InChI is InChI=1S/C8H6BrF4NS/c9-5-3-4(1-2-6(5)14)15-8(12,13)7(10)11/h1-3,7H,14H2. The molecular weight excluding hydrogens is 298 g/mol. The van der Waals surface area contributed by atoms with Crippen molar-refractivity contribution < 1.29 is 17.6 Å². The smallest absolute Gasteiger partial charge is 0.357 e. The van der Waals surface area contributed by atoms with Gasteiger partial charge in [-0.15, -0.1) is 0 Å². The Morgan fingerprint density at radius 2 is 1.93 bits per heavy atom. The fourth-order valence-corrected chi connectivity index (χ4v) is 2.02. The van der Waals surface area contributed by atoms with Gasteiger partial charge in [-0.25, -0.2) is 8.78 Å². The van der Waals surface area contributed by atoms with E-state index in [1.807, 2.05) is 0 Å². The second-order valence-corrected chi connectivity index (χ2v) is 4.72. The van der Waals surface area contributed by atoms with Crippen LogP contribution in [-0.2, 0) is 0 Å². The maximum absolute atomic E-state index is 12.6. The first-order valence-electron chi connectivity index (χ1n) is 3.73. The second kappa shape index (κ2) is 4.61. The van der Waals surface area contributed by atoms with Crippen LogP contribution in [0.15, 0.2) is 27.6 Å². The summed E-state index contributed by atoms with van der Waals surface area (Å²) in [7, 11) is 0.